The minimum atomic E-state index is 0.167. The fourth-order valence-corrected chi connectivity index (χ4v) is 2.18. The number of fused-ring (bicyclic) bond motifs is 2. The van der Waals surface area contributed by atoms with Crippen LogP contribution in [0.5, 0.6) is 5.75 Å². The molecule has 0 bridgehead atoms. The quantitative estimate of drug-likeness (QED) is 0.621. The van der Waals surface area contributed by atoms with E-state index in [1.807, 2.05) is 32.9 Å². The highest BCUT2D eigenvalue weighted by atomic mass is 16.4. The van der Waals surface area contributed by atoms with Gasteiger partial charge in [-0.1, -0.05) is 0 Å². The van der Waals surface area contributed by atoms with Gasteiger partial charge in [0, 0.05) is 10.9 Å². The van der Waals surface area contributed by atoms with Gasteiger partial charge >= 0.3 is 0 Å². The van der Waals surface area contributed by atoms with Crippen molar-refractivity contribution in [2.45, 2.75) is 20.8 Å². The Kier molecular flexibility index (Phi) is 1.64. The first kappa shape index (κ1) is 9.33. The van der Waals surface area contributed by atoms with Crippen LogP contribution in [0, 0.1) is 20.8 Å². The Hall–Kier alpha value is -1.90. The van der Waals surface area contributed by atoms with Crippen LogP contribution in [0.3, 0.4) is 0 Å². The number of benzene rings is 1. The molecule has 0 saturated heterocycles. The third-order valence-corrected chi connectivity index (χ3v) is 2.93. The van der Waals surface area contributed by atoms with E-state index in [9.17, 15) is 5.11 Å². The predicted molar refractivity (Wildman–Crippen MR) is 61.9 cm³/mol. The molecule has 1 aromatic carbocycles. The van der Waals surface area contributed by atoms with Gasteiger partial charge in [0.05, 0.1) is 5.39 Å². The molecule has 2 heterocycles. The molecule has 2 aromatic heterocycles. The summed E-state index contributed by atoms with van der Waals surface area (Å²) in [6, 6.07) is 3.75. The van der Waals surface area contributed by atoms with E-state index in [0.717, 1.165) is 33.4 Å². The molecule has 1 N–H and O–H groups in total. The fourth-order valence-electron chi connectivity index (χ4n) is 2.18. The molecule has 82 valence electrons. The summed E-state index contributed by atoms with van der Waals surface area (Å²) in [4.78, 5) is 0. The number of furan rings is 2. The monoisotopic (exact) mass is 216 g/mol. The molecule has 0 fully saturated rings. The van der Waals surface area contributed by atoms with Crippen molar-refractivity contribution < 1.29 is 13.9 Å². The fraction of sp³-hybridized carbons (Fsp3) is 0.231. The second-order valence-corrected chi connectivity index (χ2v) is 4.17. The smallest absolute Gasteiger partial charge is 0.177 e. The number of phenols is 1. The van der Waals surface area contributed by atoms with E-state index in [4.69, 9.17) is 8.83 Å². The molecule has 3 rings (SSSR count). The number of hydrogen-bond donors (Lipinski definition) is 1. The zero-order chi connectivity index (χ0) is 11.4. The highest BCUT2D eigenvalue weighted by Gasteiger charge is 2.17. The van der Waals surface area contributed by atoms with Gasteiger partial charge in [-0.25, -0.2) is 0 Å². The van der Waals surface area contributed by atoms with Crippen molar-refractivity contribution in [3.63, 3.8) is 0 Å². The van der Waals surface area contributed by atoms with Gasteiger partial charge in [-0.15, -0.1) is 0 Å². The molecule has 0 aliphatic carbocycles. The van der Waals surface area contributed by atoms with Gasteiger partial charge in [-0.3, -0.25) is 0 Å². The molecule has 0 unspecified atom stereocenters. The van der Waals surface area contributed by atoms with E-state index < -0.39 is 0 Å². The van der Waals surface area contributed by atoms with Crippen molar-refractivity contribution in [3.8, 4) is 5.75 Å². The van der Waals surface area contributed by atoms with Gasteiger partial charge < -0.3 is 13.9 Å². The Bertz CT molecular complexity index is 586. The Balaban J connectivity index is 2.63. The zero-order valence-corrected chi connectivity index (χ0v) is 9.42. The minimum absolute atomic E-state index is 0.167. The van der Waals surface area contributed by atoms with Crippen LogP contribution in [0.25, 0.3) is 21.9 Å². The van der Waals surface area contributed by atoms with E-state index in [1.165, 1.54) is 0 Å². The van der Waals surface area contributed by atoms with Crippen LogP contribution >= 0.6 is 0 Å². The van der Waals surface area contributed by atoms with Crippen molar-refractivity contribution in [1.29, 1.82) is 0 Å². The lowest BCUT2D eigenvalue weighted by molar-refractivity contribution is 0.466. The van der Waals surface area contributed by atoms with Crippen molar-refractivity contribution in [2.24, 2.45) is 0 Å². The Morgan fingerprint density at radius 3 is 2.12 bits per heavy atom. The summed E-state index contributed by atoms with van der Waals surface area (Å²) in [5, 5.41) is 11.7. The molecule has 0 radical (unpaired) electrons. The van der Waals surface area contributed by atoms with Crippen molar-refractivity contribution in [3.05, 3.63) is 29.2 Å². The molecular weight excluding hydrogens is 204 g/mol. The molecule has 0 atom stereocenters. The number of aryl methyl sites for hydroxylation is 3. The average Bonchev–Trinajstić information content (AvgIpc) is 2.78. The Morgan fingerprint density at radius 2 is 1.44 bits per heavy atom. The summed E-state index contributed by atoms with van der Waals surface area (Å²) in [5.74, 6) is 1.75. The zero-order valence-electron chi connectivity index (χ0n) is 9.42. The number of hydrogen-bond acceptors (Lipinski definition) is 3. The van der Waals surface area contributed by atoms with Gasteiger partial charge in [-0.05, 0) is 32.9 Å². The molecule has 3 heteroatoms. The standard InChI is InChI=1S/C13H12O3/c1-6-4-9-8(3)12-10(5-7(2)15-12)11(14)13(9)16-6/h4-5,14H,1-3H3. The molecule has 0 amide bonds. The maximum absolute atomic E-state index is 10.1. The van der Waals surface area contributed by atoms with E-state index in [0.29, 0.717) is 5.58 Å². The van der Waals surface area contributed by atoms with Crippen LogP contribution in [0.1, 0.15) is 17.1 Å². The molecule has 0 saturated carbocycles. The second kappa shape index (κ2) is 2.82. The SMILES string of the molecule is Cc1cc2c(O)c3oc(C)cc3c(C)c2o1. The predicted octanol–water partition coefficient (Wildman–Crippen LogP) is 3.81. The van der Waals surface area contributed by atoms with E-state index in [2.05, 4.69) is 0 Å². The highest BCUT2D eigenvalue weighted by Crippen LogP contribution is 2.39. The van der Waals surface area contributed by atoms with Crippen molar-refractivity contribution in [1.82, 2.24) is 0 Å². The normalized spacial score (nSPS) is 11.7. The third-order valence-electron chi connectivity index (χ3n) is 2.93. The van der Waals surface area contributed by atoms with Gasteiger partial charge in [0.1, 0.15) is 17.1 Å². The van der Waals surface area contributed by atoms with Crippen LogP contribution in [0.2, 0.25) is 0 Å². The minimum Gasteiger partial charge on any atom is -0.504 e. The molecule has 0 spiro atoms. The summed E-state index contributed by atoms with van der Waals surface area (Å²) < 4.78 is 11.1. The number of phenolic OH excluding ortho intramolecular Hbond substituents is 1. The second-order valence-electron chi connectivity index (χ2n) is 4.17. The third kappa shape index (κ3) is 1.03. The highest BCUT2D eigenvalue weighted by molar-refractivity contribution is 6.04. The van der Waals surface area contributed by atoms with Crippen LogP contribution in [0.15, 0.2) is 21.0 Å². The Labute approximate surface area is 92.3 Å². The van der Waals surface area contributed by atoms with Gasteiger partial charge in [0.25, 0.3) is 0 Å². The summed E-state index contributed by atoms with van der Waals surface area (Å²) in [6.07, 6.45) is 0. The Morgan fingerprint density at radius 1 is 0.875 bits per heavy atom. The molecule has 3 aromatic rings. The number of rotatable bonds is 0. The van der Waals surface area contributed by atoms with E-state index in [1.54, 1.807) is 0 Å². The maximum Gasteiger partial charge on any atom is 0.177 e. The van der Waals surface area contributed by atoms with Crippen molar-refractivity contribution >= 4 is 21.9 Å². The van der Waals surface area contributed by atoms with Gasteiger partial charge in [0.2, 0.25) is 0 Å². The first-order chi connectivity index (χ1) is 7.58. The van der Waals surface area contributed by atoms with Crippen LogP contribution < -0.4 is 0 Å². The molecule has 16 heavy (non-hydrogen) atoms. The first-order valence-corrected chi connectivity index (χ1v) is 5.19. The summed E-state index contributed by atoms with van der Waals surface area (Å²) in [7, 11) is 0. The topological polar surface area (TPSA) is 46.5 Å². The summed E-state index contributed by atoms with van der Waals surface area (Å²) in [6.45, 7) is 5.71. The summed E-state index contributed by atoms with van der Waals surface area (Å²) >= 11 is 0. The van der Waals surface area contributed by atoms with Crippen molar-refractivity contribution in [2.75, 3.05) is 0 Å². The first-order valence-electron chi connectivity index (χ1n) is 5.19. The lowest BCUT2D eigenvalue weighted by Gasteiger charge is -2.00. The summed E-state index contributed by atoms with van der Waals surface area (Å²) in [5.41, 5.74) is 2.29. The van der Waals surface area contributed by atoms with Crippen LogP contribution in [0.4, 0.5) is 0 Å². The van der Waals surface area contributed by atoms with Gasteiger partial charge in [0.15, 0.2) is 11.3 Å². The largest absolute Gasteiger partial charge is 0.504 e. The lowest BCUT2D eigenvalue weighted by atomic mass is 10.1. The number of aromatic hydroxyl groups is 1. The molecule has 0 aliphatic heterocycles. The van der Waals surface area contributed by atoms with E-state index >= 15 is 0 Å². The van der Waals surface area contributed by atoms with Crippen LogP contribution in [-0.4, -0.2) is 5.11 Å². The van der Waals surface area contributed by atoms with Gasteiger partial charge in [-0.2, -0.15) is 0 Å². The maximum atomic E-state index is 10.1. The average molecular weight is 216 g/mol. The molecule has 3 nitrogen and oxygen atoms in total. The lowest BCUT2D eigenvalue weighted by Crippen LogP contribution is -1.77. The molecular formula is C13H12O3. The van der Waals surface area contributed by atoms with Crippen LogP contribution in [-0.2, 0) is 0 Å². The van der Waals surface area contributed by atoms with E-state index in [-0.39, 0.29) is 5.75 Å². The molecule has 0 aliphatic rings.